The van der Waals surface area contributed by atoms with Gasteiger partial charge in [-0.15, -0.1) is 0 Å². The average Bonchev–Trinajstić information content (AvgIpc) is 3.38. The van der Waals surface area contributed by atoms with E-state index in [-0.39, 0.29) is 24.9 Å². The lowest BCUT2D eigenvalue weighted by Crippen LogP contribution is -2.47. The van der Waals surface area contributed by atoms with E-state index < -0.39 is 26.6 Å². The van der Waals surface area contributed by atoms with Gasteiger partial charge in [0.15, 0.2) is 0 Å². The molecular formula is C66H117N2O7P. The molecule has 438 valence electrons. The van der Waals surface area contributed by atoms with E-state index in [1.807, 2.05) is 33.3 Å². The highest BCUT2D eigenvalue weighted by Gasteiger charge is 2.27. The molecule has 3 unspecified atom stereocenters. The second kappa shape index (κ2) is 55.3. The number of ether oxygens (including phenoxy) is 1. The van der Waals surface area contributed by atoms with Gasteiger partial charge in [0.1, 0.15) is 19.3 Å². The summed E-state index contributed by atoms with van der Waals surface area (Å²) in [6.07, 6.45) is 73.8. The number of hydrogen-bond donors (Lipinski definition) is 1. The van der Waals surface area contributed by atoms with Crippen LogP contribution in [-0.2, 0) is 27.9 Å². The lowest BCUT2D eigenvalue weighted by molar-refractivity contribution is -0.870. The van der Waals surface area contributed by atoms with E-state index in [4.69, 9.17) is 13.8 Å². The van der Waals surface area contributed by atoms with Crippen LogP contribution in [0, 0.1) is 0 Å². The minimum absolute atomic E-state index is 0.0291. The van der Waals surface area contributed by atoms with Crippen molar-refractivity contribution in [3.05, 3.63) is 97.2 Å². The third-order valence-corrected chi connectivity index (χ3v) is 14.2. The summed E-state index contributed by atoms with van der Waals surface area (Å²) in [5.41, 5.74) is 0. The van der Waals surface area contributed by atoms with Crippen LogP contribution in [-0.4, -0.2) is 69.4 Å². The molecule has 0 saturated carbocycles. The van der Waals surface area contributed by atoms with Crippen LogP contribution in [0.2, 0.25) is 0 Å². The van der Waals surface area contributed by atoms with Gasteiger partial charge < -0.3 is 28.5 Å². The fourth-order valence-corrected chi connectivity index (χ4v) is 9.17. The van der Waals surface area contributed by atoms with Crippen LogP contribution in [0.15, 0.2) is 97.2 Å². The van der Waals surface area contributed by atoms with E-state index in [0.29, 0.717) is 17.4 Å². The van der Waals surface area contributed by atoms with E-state index in [0.717, 1.165) is 135 Å². The number of hydrogen-bond acceptors (Lipinski definition) is 7. The van der Waals surface area contributed by atoms with Gasteiger partial charge in [0.25, 0.3) is 7.82 Å². The van der Waals surface area contributed by atoms with E-state index >= 15 is 0 Å². The van der Waals surface area contributed by atoms with Crippen molar-refractivity contribution in [2.24, 2.45) is 0 Å². The largest absolute Gasteiger partial charge is 0.756 e. The number of nitrogens with one attached hydrogen (secondary N) is 1. The average molecular weight is 1080 g/mol. The maximum Gasteiger partial charge on any atom is 0.306 e. The molecule has 0 rings (SSSR count). The van der Waals surface area contributed by atoms with Crippen molar-refractivity contribution >= 4 is 19.7 Å². The molecule has 0 aromatic carbocycles. The van der Waals surface area contributed by atoms with Crippen molar-refractivity contribution in [1.82, 2.24) is 5.32 Å². The fraction of sp³-hybridized carbons (Fsp3) is 0.727. The molecule has 0 aliphatic carbocycles. The predicted molar refractivity (Wildman–Crippen MR) is 325 cm³/mol. The third kappa shape index (κ3) is 55.7. The number of carbonyl (C=O) groups is 2. The fourth-order valence-electron chi connectivity index (χ4n) is 8.45. The molecule has 0 spiro atoms. The van der Waals surface area contributed by atoms with Crippen molar-refractivity contribution in [1.29, 1.82) is 0 Å². The molecule has 76 heavy (non-hydrogen) atoms. The highest BCUT2D eigenvalue weighted by atomic mass is 31.2. The van der Waals surface area contributed by atoms with E-state index in [9.17, 15) is 19.0 Å². The number of nitrogens with zero attached hydrogens (tertiary/aromatic N) is 1. The van der Waals surface area contributed by atoms with Gasteiger partial charge in [-0.05, 0) is 102 Å². The molecule has 0 aromatic heterocycles. The first-order valence-corrected chi connectivity index (χ1v) is 32.5. The Morgan fingerprint density at radius 2 is 0.855 bits per heavy atom. The molecule has 0 aliphatic rings. The molecular weight excluding hydrogens is 964 g/mol. The molecule has 1 N–H and O–H groups in total. The second-order valence-corrected chi connectivity index (χ2v) is 23.2. The van der Waals surface area contributed by atoms with Gasteiger partial charge in [-0.3, -0.25) is 14.2 Å². The Hall–Kier alpha value is -3.07. The Morgan fingerprint density at radius 1 is 0.474 bits per heavy atom. The van der Waals surface area contributed by atoms with Gasteiger partial charge in [-0.1, -0.05) is 240 Å². The molecule has 0 bridgehead atoms. The molecule has 0 radical (unpaired) electrons. The number of esters is 1. The Labute approximate surface area is 468 Å². The highest BCUT2D eigenvalue weighted by Crippen LogP contribution is 2.38. The molecule has 0 aromatic rings. The molecule has 0 heterocycles. The molecule has 9 nitrogen and oxygen atoms in total. The topological polar surface area (TPSA) is 114 Å². The van der Waals surface area contributed by atoms with Crippen LogP contribution < -0.4 is 10.2 Å². The number of amides is 1. The number of rotatable bonds is 55. The van der Waals surface area contributed by atoms with Crippen LogP contribution >= 0.6 is 7.82 Å². The standard InChI is InChI=1S/C66H117N2O7P/c1-7-10-13-16-19-22-25-27-28-29-30-31-32-33-34-35-36-37-38-39-40-41-44-47-50-53-56-59-66(70)75-64(57-54-51-48-45-43-26-23-20-17-14-11-8-2)63(62-74-76(71,72)73-61-60-68(4,5)6)67-65(69)58-55-52-49-46-42-24-21-18-15-12-9-3/h10,13,18-19,21-22,27-28,30-31,33-34,36-37,54,57,63-64H,7-9,11-12,14-17,20,23-26,29,32,35,38-53,55-56,58-62H2,1-6H3,(H-,67,69,71,72)/b13-10-,21-18-,22-19-,28-27-,31-30-,34-33-,37-36-,57-54-. The van der Waals surface area contributed by atoms with Crippen molar-refractivity contribution in [3.63, 3.8) is 0 Å². The summed E-state index contributed by atoms with van der Waals surface area (Å²) in [6, 6.07) is -0.899. The summed E-state index contributed by atoms with van der Waals surface area (Å²) in [6.45, 7) is 6.67. The van der Waals surface area contributed by atoms with E-state index in [1.54, 1.807) is 0 Å². The van der Waals surface area contributed by atoms with Crippen LogP contribution in [0.25, 0.3) is 0 Å². The number of quaternary nitrogens is 1. The normalized spacial score (nSPS) is 14.4. The summed E-state index contributed by atoms with van der Waals surface area (Å²) in [7, 11) is 1.16. The van der Waals surface area contributed by atoms with Crippen molar-refractivity contribution in [2.45, 2.75) is 270 Å². The predicted octanol–water partition coefficient (Wildman–Crippen LogP) is 18.5. The minimum Gasteiger partial charge on any atom is -0.756 e. The summed E-state index contributed by atoms with van der Waals surface area (Å²) < 4.78 is 30.2. The Morgan fingerprint density at radius 3 is 1.32 bits per heavy atom. The first kappa shape index (κ1) is 72.9. The summed E-state index contributed by atoms with van der Waals surface area (Å²) in [5, 5.41) is 3.01. The molecule has 0 aliphatic heterocycles. The Bertz CT molecular complexity index is 1620. The number of carbonyl (C=O) groups excluding carboxylic acids is 2. The second-order valence-electron chi connectivity index (χ2n) is 21.8. The quantitative estimate of drug-likeness (QED) is 0.0212. The Balaban J connectivity index is 5.11. The first-order chi connectivity index (χ1) is 36.9. The third-order valence-electron chi connectivity index (χ3n) is 13.2. The molecule has 1 amide bonds. The van der Waals surface area contributed by atoms with Crippen LogP contribution in [0.4, 0.5) is 0 Å². The van der Waals surface area contributed by atoms with Gasteiger partial charge in [-0.2, -0.15) is 0 Å². The zero-order chi connectivity index (χ0) is 55.7. The zero-order valence-electron chi connectivity index (χ0n) is 49.9. The minimum atomic E-state index is -4.70. The summed E-state index contributed by atoms with van der Waals surface area (Å²) in [4.78, 5) is 39.9. The maximum absolute atomic E-state index is 13.5. The van der Waals surface area contributed by atoms with Crippen molar-refractivity contribution < 1.29 is 37.3 Å². The highest BCUT2D eigenvalue weighted by molar-refractivity contribution is 7.45. The van der Waals surface area contributed by atoms with Gasteiger partial charge >= 0.3 is 5.97 Å². The molecule has 10 heteroatoms. The SMILES string of the molecule is CC/C=C\C/C=C\C/C=C\C/C=C\C/C=C\C/C=C\CCCCCCCCCCC(=O)OC(/C=C\CCCCCCCCCCCC)C(COP(=O)([O-])OCC[N+](C)(C)C)NC(=O)CCCCCCC/C=C\CCCC. The zero-order valence-corrected chi connectivity index (χ0v) is 50.8. The van der Waals surface area contributed by atoms with Gasteiger partial charge in [-0.25, -0.2) is 0 Å². The number of phosphoric ester groups is 1. The first-order valence-electron chi connectivity index (χ1n) is 31.0. The van der Waals surface area contributed by atoms with E-state index in [2.05, 4.69) is 111 Å². The summed E-state index contributed by atoms with van der Waals surface area (Å²) >= 11 is 0. The summed E-state index contributed by atoms with van der Waals surface area (Å²) in [5.74, 6) is -0.566. The maximum atomic E-state index is 13.5. The molecule has 0 saturated heterocycles. The number of phosphoric acid groups is 1. The Kier molecular flexibility index (Phi) is 53.0. The number of unbranched alkanes of at least 4 members (excludes halogenated alkanes) is 25. The monoisotopic (exact) mass is 1080 g/mol. The van der Waals surface area contributed by atoms with E-state index in [1.165, 1.54) is 89.9 Å². The lowest BCUT2D eigenvalue weighted by Gasteiger charge is -2.30. The van der Waals surface area contributed by atoms with Crippen molar-refractivity contribution in [2.75, 3.05) is 40.9 Å². The van der Waals surface area contributed by atoms with Gasteiger partial charge in [0.05, 0.1) is 33.8 Å². The number of allylic oxidation sites excluding steroid dienone is 15. The van der Waals surface area contributed by atoms with Crippen LogP contribution in [0.1, 0.15) is 258 Å². The van der Waals surface area contributed by atoms with Crippen LogP contribution in [0.3, 0.4) is 0 Å². The van der Waals surface area contributed by atoms with Gasteiger partial charge in [0.2, 0.25) is 5.91 Å². The lowest BCUT2D eigenvalue weighted by atomic mass is 10.0. The molecule has 0 fully saturated rings. The molecule has 3 atom stereocenters. The smallest absolute Gasteiger partial charge is 0.306 e. The number of likely N-dealkylation sites (N-methyl/N-ethyl adjacent to an activating group) is 1. The van der Waals surface area contributed by atoms with Gasteiger partial charge in [0, 0.05) is 12.8 Å². The van der Waals surface area contributed by atoms with Crippen molar-refractivity contribution in [3.8, 4) is 0 Å². The van der Waals surface area contributed by atoms with Crippen LogP contribution in [0.5, 0.6) is 0 Å².